The summed E-state index contributed by atoms with van der Waals surface area (Å²) in [5.74, 6) is 1.17. The van der Waals surface area contributed by atoms with Gasteiger partial charge in [0.1, 0.15) is 35.9 Å². The van der Waals surface area contributed by atoms with Gasteiger partial charge in [0.05, 0.1) is 13.2 Å². The molecule has 0 amide bonds. The molecule has 158 valence electrons. The Bertz CT molecular complexity index is 796. The molecule has 8 heteroatoms. The third kappa shape index (κ3) is 5.19. The minimum atomic E-state index is -1.50. The van der Waals surface area contributed by atoms with E-state index in [-0.39, 0.29) is 0 Å². The standard InChI is InChI=1S/C21H25ClO7/c1-2-27-14-5-3-12(4-6-14)9-13-10-15(7-8-16(13)22)28-21-20(26)19(25)18(24)17(11-23)29-21/h3-8,10,17-21,23-26H,2,9,11H2,1H3/t17-,18-,19+,20-,21-/m1/s1. The van der Waals surface area contributed by atoms with Crippen LogP contribution in [0.4, 0.5) is 0 Å². The highest BCUT2D eigenvalue weighted by Gasteiger charge is 2.44. The zero-order chi connectivity index (χ0) is 21.0. The number of benzene rings is 2. The van der Waals surface area contributed by atoms with E-state index in [9.17, 15) is 20.4 Å². The Morgan fingerprint density at radius 2 is 1.66 bits per heavy atom. The van der Waals surface area contributed by atoms with Crippen LogP contribution in [0.1, 0.15) is 18.1 Å². The van der Waals surface area contributed by atoms with Crippen LogP contribution in [-0.2, 0) is 11.2 Å². The summed E-state index contributed by atoms with van der Waals surface area (Å²) in [6.07, 6.45) is -6.13. The normalized spacial score (nSPS) is 26.9. The summed E-state index contributed by atoms with van der Waals surface area (Å²) < 4.78 is 16.5. The van der Waals surface area contributed by atoms with Gasteiger partial charge in [-0.05, 0) is 54.8 Å². The molecule has 1 saturated heterocycles. The van der Waals surface area contributed by atoms with E-state index in [1.807, 2.05) is 31.2 Å². The summed E-state index contributed by atoms with van der Waals surface area (Å²) in [6, 6.07) is 12.7. The number of hydrogen-bond donors (Lipinski definition) is 4. The molecule has 0 bridgehead atoms. The van der Waals surface area contributed by atoms with Crippen LogP contribution in [0.25, 0.3) is 0 Å². The van der Waals surface area contributed by atoms with Crippen molar-refractivity contribution in [3.63, 3.8) is 0 Å². The zero-order valence-corrected chi connectivity index (χ0v) is 16.7. The largest absolute Gasteiger partial charge is 0.494 e. The quantitative estimate of drug-likeness (QED) is 0.533. The third-order valence-electron chi connectivity index (χ3n) is 4.75. The van der Waals surface area contributed by atoms with Gasteiger partial charge in [-0.3, -0.25) is 0 Å². The summed E-state index contributed by atoms with van der Waals surface area (Å²) in [5.41, 5.74) is 1.83. The first-order valence-electron chi connectivity index (χ1n) is 9.40. The lowest BCUT2D eigenvalue weighted by Crippen LogP contribution is -2.60. The van der Waals surface area contributed by atoms with Crippen LogP contribution in [0.2, 0.25) is 5.02 Å². The number of aliphatic hydroxyl groups is 4. The van der Waals surface area contributed by atoms with Crippen LogP contribution < -0.4 is 9.47 Å². The maximum absolute atomic E-state index is 10.1. The van der Waals surface area contributed by atoms with Gasteiger partial charge in [0, 0.05) is 5.02 Å². The molecular weight excluding hydrogens is 400 g/mol. The van der Waals surface area contributed by atoms with E-state index >= 15 is 0 Å². The molecule has 1 aliphatic rings. The van der Waals surface area contributed by atoms with Crippen LogP contribution in [0.3, 0.4) is 0 Å². The Morgan fingerprint density at radius 1 is 0.966 bits per heavy atom. The lowest BCUT2D eigenvalue weighted by Gasteiger charge is -2.39. The van der Waals surface area contributed by atoms with Crippen molar-refractivity contribution in [2.24, 2.45) is 0 Å². The van der Waals surface area contributed by atoms with E-state index < -0.39 is 37.3 Å². The van der Waals surface area contributed by atoms with E-state index in [0.29, 0.717) is 23.8 Å². The van der Waals surface area contributed by atoms with Crippen molar-refractivity contribution >= 4 is 11.6 Å². The van der Waals surface area contributed by atoms with Gasteiger partial charge in [0.25, 0.3) is 0 Å². The van der Waals surface area contributed by atoms with E-state index in [2.05, 4.69) is 0 Å². The SMILES string of the molecule is CCOc1ccc(Cc2cc(O[C@@H]3O[C@H](CO)[C@@H](O)[C@H](O)[C@H]3O)ccc2Cl)cc1. The van der Waals surface area contributed by atoms with Gasteiger partial charge >= 0.3 is 0 Å². The van der Waals surface area contributed by atoms with Gasteiger partial charge in [-0.25, -0.2) is 0 Å². The summed E-state index contributed by atoms with van der Waals surface area (Å²) in [4.78, 5) is 0. The van der Waals surface area contributed by atoms with Crippen molar-refractivity contribution in [3.05, 3.63) is 58.6 Å². The average Bonchev–Trinajstić information content (AvgIpc) is 2.72. The summed E-state index contributed by atoms with van der Waals surface area (Å²) in [6.45, 7) is 2.01. The molecule has 4 N–H and O–H groups in total. The Kier molecular flexibility index (Phi) is 7.34. The second-order valence-electron chi connectivity index (χ2n) is 6.82. The molecule has 5 atom stereocenters. The number of ether oxygens (including phenoxy) is 3. The molecule has 1 aliphatic heterocycles. The molecule has 7 nitrogen and oxygen atoms in total. The molecule has 0 aliphatic carbocycles. The third-order valence-corrected chi connectivity index (χ3v) is 5.12. The number of rotatable bonds is 7. The lowest BCUT2D eigenvalue weighted by atomic mass is 9.99. The van der Waals surface area contributed by atoms with Gasteiger partial charge in [-0.15, -0.1) is 0 Å². The predicted molar refractivity (Wildman–Crippen MR) is 106 cm³/mol. The fourth-order valence-electron chi connectivity index (χ4n) is 3.15. The Hall–Kier alpha value is -1.87. The van der Waals surface area contributed by atoms with Gasteiger partial charge in [-0.1, -0.05) is 23.7 Å². The average molecular weight is 425 g/mol. The van der Waals surface area contributed by atoms with E-state index in [0.717, 1.165) is 16.9 Å². The Labute approximate surface area is 174 Å². The smallest absolute Gasteiger partial charge is 0.229 e. The second kappa shape index (κ2) is 9.75. The molecule has 2 aromatic carbocycles. The fourth-order valence-corrected chi connectivity index (χ4v) is 3.33. The molecule has 3 rings (SSSR count). The van der Waals surface area contributed by atoms with Crippen molar-refractivity contribution in [3.8, 4) is 11.5 Å². The summed E-state index contributed by atoms with van der Waals surface area (Å²) in [7, 11) is 0. The van der Waals surface area contributed by atoms with Crippen LogP contribution in [-0.4, -0.2) is 64.3 Å². The number of halogens is 1. The minimum Gasteiger partial charge on any atom is -0.494 e. The topological polar surface area (TPSA) is 109 Å². The second-order valence-corrected chi connectivity index (χ2v) is 7.23. The van der Waals surface area contributed by atoms with Crippen LogP contribution in [0, 0.1) is 0 Å². The highest BCUT2D eigenvalue weighted by Crippen LogP contribution is 2.29. The Morgan fingerprint density at radius 3 is 2.31 bits per heavy atom. The van der Waals surface area contributed by atoms with Gasteiger partial charge in [0.2, 0.25) is 6.29 Å². The highest BCUT2D eigenvalue weighted by molar-refractivity contribution is 6.31. The highest BCUT2D eigenvalue weighted by atomic mass is 35.5. The number of hydrogen-bond acceptors (Lipinski definition) is 7. The molecule has 1 heterocycles. The van der Waals surface area contributed by atoms with Crippen molar-refractivity contribution < 1.29 is 34.6 Å². The van der Waals surface area contributed by atoms with Crippen molar-refractivity contribution in [2.45, 2.75) is 44.1 Å². The molecule has 1 fully saturated rings. The maximum Gasteiger partial charge on any atom is 0.229 e. The van der Waals surface area contributed by atoms with Gasteiger partial charge < -0.3 is 34.6 Å². The zero-order valence-electron chi connectivity index (χ0n) is 15.9. The Balaban J connectivity index is 1.73. The first-order valence-corrected chi connectivity index (χ1v) is 9.78. The van der Waals surface area contributed by atoms with Crippen LogP contribution in [0.5, 0.6) is 11.5 Å². The van der Waals surface area contributed by atoms with Gasteiger partial charge in [-0.2, -0.15) is 0 Å². The predicted octanol–water partition coefficient (Wildman–Crippen LogP) is 1.51. The van der Waals surface area contributed by atoms with Crippen molar-refractivity contribution in [1.29, 1.82) is 0 Å². The summed E-state index contributed by atoms with van der Waals surface area (Å²) in [5, 5.41) is 39.7. The molecule has 29 heavy (non-hydrogen) atoms. The fraction of sp³-hybridized carbons (Fsp3) is 0.429. The molecule has 0 saturated carbocycles. The first kappa shape index (κ1) is 21.8. The molecule has 0 spiro atoms. The first-order chi connectivity index (χ1) is 13.9. The van der Waals surface area contributed by atoms with Gasteiger partial charge in [0.15, 0.2) is 0 Å². The van der Waals surface area contributed by atoms with E-state index in [1.54, 1.807) is 18.2 Å². The molecular formula is C21H25ClO7. The molecule has 0 aromatic heterocycles. The molecule has 0 radical (unpaired) electrons. The molecule has 0 unspecified atom stereocenters. The maximum atomic E-state index is 10.1. The monoisotopic (exact) mass is 424 g/mol. The number of aliphatic hydroxyl groups excluding tert-OH is 4. The minimum absolute atomic E-state index is 0.375. The van der Waals surface area contributed by atoms with Crippen LogP contribution in [0.15, 0.2) is 42.5 Å². The lowest BCUT2D eigenvalue weighted by molar-refractivity contribution is -0.277. The molecule has 2 aromatic rings. The van der Waals surface area contributed by atoms with E-state index in [4.69, 9.17) is 25.8 Å². The van der Waals surface area contributed by atoms with Crippen LogP contribution >= 0.6 is 11.6 Å². The van der Waals surface area contributed by atoms with Crippen molar-refractivity contribution in [1.82, 2.24) is 0 Å². The summed E-state index contributed by atoms with van der Waals surface area (Å²) >= 11 is 6.32. The van der Waals surface area contributed by atoms with Crippen molar-refractivity contribution in [2.75, 3.05) is 13.2 Å². The van der Waals surface area contributed by atoms with E-state index in [1.165, 1.54) is 0 Å².